The van der Waals surface area contributed by atoms with E-state index in [1.54, 1.807) is 23.2 Å². The summed E-state index contributed by atoms with van der Waals surface area (Å²) in [5, 5.41) is 0. The molecule has 190 valence electrons. The van der Waals surface area contributed by atoms with Crippen LogP contribution in [0.2, 0.25) is 0 Å². The summed E-state index contributed by atoms with van der Waals surface area (Å²) in [5.41, 5.74) is 9.14. The van der Waals surface area contributed by atoms with Gasteiger partial charge in [-0.15, -0.1) is 0 Å². The highest BCUT2D eigenvalue weighted by Crippen LogP contribution is 2.35. The summed E-state index contributed by atoms with van der Waals surface area (Å²) in [6, 6.07) is 11.7. The maximum atomic E-state index is 13.7. The number of benzene rings is 1. The fraction of sp³-hybridized carbons (Fsp3) is 0.296. The minimum Gasteiger partial charge on any atom is -0.369 e. The topological polar surface area (TPSA) is 101 Å². The third kappa shape index (κ3) is 5.03. The Balaban J connectivity index is 1.54. The molecule has 0 atom stereocenters. The van der Waals surface area contributed by atoms with E-state index in [9.17, 15) is 14.4 Å². The molecule has 2 amide bonds. The number of aromatic nitrogens is 2. The van der Waals surface area contributed by atoms with E-state index in [2.05, 4.69) is 0 Å². The average molecular weight is 534 g/mol. The van der Waals surface area contributed by atoms with E-state index in [4.69, 9.17) is 22.9 Å². The van der Waals surface area contributed by atoms with Crippen LogP contribution in [0.4, 0.5) is 5.82 Å². The largest absolute Gasteiger partial charge is 0.369 e. The maximum Gasteiger partial charge on any atom is 0.267 e. The summed E-state index contributed by atoms with van der Waals surface area (Å²) in [5.74, 6) is -0.232. The first-order chi connectivity index (χ1) is 17.7. The first kappa shape index (κ1) is 25.2. The number of primary amides is 1. The summed E-state index contributed by atoms with van der Waals surface area (Å²) in [6.45, 7) is 5.36. The molecular formula is C27H27N5O3S2. The zero-order valence-electron chi connectivity index (χ0n) is 20.6. The van der Waals surface area contributed by atoms with E-state index in [-0.39, 0.29) is 23.3 Å². The van der Waals surface area contributed by atoms with Crippen LogP contribution in [-0.4, -0.2) is 43.5 Å². The average Bonchev–Trinajstić information content (AvgIpc) is 3.14. The van der Waals surface area contributed by atoms with Gasteiger partial charge in [0.2, 0.25) is 5.91 Å². The molecule has 2 aromatic heterocycles. The van der Waals surface area contributed by atoms with Gasteiger partial charge in [-0.3, -0.25) is 23.7 Å². The Hall–Kier alpha value is -3.50. The minimum atomic E-state index is -0.306. The van der Waals surface area contributed by atoms with Crippen molar-refractivity contribution in [1.29, 1.82) is 0 Å². The van der Waals surface area contributed by atoms with Gasteiger partial charge in [-0.1, -0.05) is 59.9 Å². The SMILES string of the molecule is Cc1ccc(CN2C(=O)C(=Cc3c(N4CCC(C(N)=O)CC4)nc4ccc(C)cn4c3=O)SC2=S)cc1. The van der Waals surface area contributed by atoms with Crippen LogP contribution in [0.5, 0.6) is 0 Å². The molecule has 0 saturated carbocycles. The summed E-state index contributed by atoms with van der Waals surface area (Å²) >= 11 is 6.72. The number of thioether (sulfide) groups is 1. The Bertz CT molecular complexity index is 1500. The van der Waals surface area contributed by atoms with Crippen molar-refractivity contribution in [3.05, 3.63) is 80.1 Å². The van der Waals surface area contributed by atoms with E-state index in [1.165, 1.54) is 16.2 Å². The first-order valence-corrected chi connectivity index (χ1v) is 13.3. The number of nitrogens with two attached hydrogens (primary N) is 1. The summed E-state index contributed by atoms with van der Waals surface area (Å²) in [7, 11) is 0. The molecule has 2 saturated heterocycles. The number of pyridine rings is 1. The van der Waals surface area contributed by atoms with Gasteiger partial charge in [0, 0.05) is 25.2 Å². The van der Waals surface area contributed by atoms with Crippen LogP contribution < -0.4 is 16.2 Å². The van der Waals surface area contributed by atoms with Crippen molar-refractivity contribution in [2.45, 2.75) is 33.2 Å². The molecule has 5 rings (SSSR count). The number of rotatable bonds is 5. The van der Waals surface area contributed by atoms with Crippen LogP contribution >= 0.6 is 24.0 Å². The molecule has 0 bridgehead atoms. The van der Waals surface area contributed by atoms with Crippen LogP contribution in [0.15, 0.2) is 52.3 Å². The molecule has 37 heavy (non-hydrogen) atoms. The minimum absolute atomic E-state index is 0.193. The molecule has 0 unspecified atom stereocenters. The lowest BCUT2D eigenvalue weighted by Gasteiger charge is -2.32. The lowest BCUT2D eigenvalue weighted by atomic mass is 9.96. The van der Waals surface area contributed by atoms with Crippen molar-refractivity contribution >= 4 is 57.7 Å². The molecule has 0 radical (unpaired) electrons. The summed E-state index contributed by atoms with van der Waals surface area (Å²) < 4.78 is 1.96. The molecule has 2 aliphatic rings. The molecule has 2 fully saturated rings. The second-order valence-corrected chi connectivity index (χ2v) is 11.2. The van der Waals surface area contributed by atoms with Crippen LogP contribution in [0.3, 0.4) is 0 Å². The van der Waals surface area contributed by atoms with Gasteiger partial charge in [0.25, 0.3) is 11.5 Å². The number of hydrogen-bond acceptors (Lipinski definition) is 7. The second kappa shape index (κ2) is 10.1. The van der Waals surface area contributed by atoms with Crippen LogP contribution in [-0.2, 0) is 16.1 Å². The van der Waals surface area contributed by atoms with Crippen molar-refractivity contribution in [3.8, 4) is 0 Å². The van der Waals surface area contributed by atoms with Crippen molar-refractivity contribution in [3.63, 3.8) is 0 Å². The van der Waals surface area contributed by atoms with Crippen LogP contribution in [0, 0.1) is 19.8 Å². The highest BCUT2D eigenvalue weighted by molar-refractivity contribution is 8.26. The van der Waals surface area contributed by atoms with E-state index in [1.807, 2.05) is 49.1 Å². The quantitative estimate of drug-likeness (QED) is 0.396. The van der Waals surface area contributed by atoms with E-state index >= 15 is 0 Å². The molecular weight excluding hydrogens is 506 g/mol. The number of nitrogens with zero attached hydrogens (tertiary/aromatic N) is 4. The number of carbonyl (C=O) groups is 2. The van der Waals surface area contributed by atoms with Crippen LogP contribution in [0.1, 0.15) is 35.1 Å². The second-order valence-electron chi connectivity index (χ2n) is 9.51. The van der Waals surface area contributed by atoms with Gasteiger partial charge >= 0.3 is 0 Å². The fourth-order valence-corrected chi connectivity index (χ4v) is 5.87. The maximum absolute atomic E-state index is 13.7. The molecule has 3 aromatic rings. The highest BCUT2D eigenvalue weighted by Gasteiger charge is 2.33. The standard InChI is InChI=1S/C27H27N5O3S2/c1-16-3-6-18(7-4-16)15-32-26(35)21(37-27(32)36)13-20-24(30-11-9-19(10-12-30)23(28)33)29-22-8-5-17(2)14-31(22)25(20)34/h3-8,13-14,19H,9-12,15H2,1-2H3,(H2,28,33). The molecule has 0 aliphatic carbocycles. The predicted molar refractivity (Wildman–Crippen MR) is 150 cm³/mol. The Kier molecular flexibility index (Phi) is 6.87. The van der Waals surface area contributed by atoms with Gasteiger partial charge in [-0.25, -0.2) is 4.98 Å². The van der Waals surface area contributed by atoms with E-state index in [0.717, 1.165) is 16.7 Å². The van der Waals surface area contributed by atoms with Crippen molar-refractivity contribution in [2.24, 2.45) is 11.7 Å². The normalized spacial score (nSPS) is 17.8. The smallest absolute Gasteiger partial charge is 0.267 e. The molecule has 2 N–H and O–H groups in total. The van der Waals surface area contributed by atoms with Gasteiger partial charge in [0.15, 0.2) is 0 Å². The van der Waals surface area contributed by atoms with E-state index in [0.29, 0.717) is 58.7 Å². The number of hydrogen-bond donors (Lipinski definition) is 1. The number of aryl methyl sites for hydroxylation is 2. The van der Waals surface area contributed by atoms with Crippen molar-refractivity contribution in [2.75, 3.05) is 18.0 Å². The van der Waals surface area contributed by atoms with Gasteiger partial charge in [0.05, 0.1) is 17.0 Å². The third-order valence-electron chi connectivity index (χ3n) is 6.79. The summed E-state index contributed by atoms with van der Waals surface area (Å²) in [4.78, 5) is 47.5. The van der Waals surface area contributed by atoms with Gasteiger partial charge in [0.1, 0.15) is 15.8 Å². The first-order valence-electron chi connectivity index (χ1n) is 12.1. The number of amides is 2. The lowest BCUT2D eigenvalue weighted by molar-refractivity contribution is -0.123. The monoisotopic (exact) mass is 533 g/mol. The highest BCUT2D eigenvalue weighted by atomic mass is 32.2. The molecule has 1 aromatic carbocycles. The van der Waals surface area contributed by atoms with Gasteiger partial charge < -0.3 is 10.6 Å². The molecule has 2 aliphatic heterocycles. The number of anilines is 1. The molecule has 8 nitrogen and oxygen atoms in total. The van der Waals surface area contributed by atoms with Crippen molar-refractivity contribution in [1.82, 2.24) is 14.3 Å². The van der Waals surface area contributed by atoms with Crippen molar-refractivity contribution < 1.29 is 9.59 Å². The van der Waals surface area contributed by atoms with Crippen LogP contribution in [0.25, 0.3) is 11.7 Å². The number of fused-ring (bicyclic) bond motifs is 1. The van der Waals surface area contributed by atoms with E-state index < -0.39 is 0 Å². The number of carbonyl (C=O) groups excluding carboxylic acids is 2. The molecule has 10 heteroatoms. The Morgan fingerprint density at radius 2 is 1.78 bits per heavy atom. The Morgan fingerprint density at radius 3 is 2.46 bits per heavy atom. The number of piperidine rings is 1. The van der Waals surface area contributed by atoms with Gasteiger partial charge in [-0.2, -0.15) is 0 Å². The lowest BCUT2D eigenvalue weighted by Crippen LogP contribution is -2.40. The fourth-order valence-electron chi connectivity index (χ4n) is 4.63. The number of thiocarbonyl (C=S) groups is 1. The predicted octanol–water partition coefficient (Wildman–Crippen LogP) is 3.41. The third-order valence-corrected chi connectivity index (χ3v) is 8.17. The zero-order valence-corrected chi connectivity index (χ0v) is 22.3. The molecule has 0 spiro atoms. The summed E-state index contributed by atoms with van der Waals surface area (Å²) in [6.07, 6.45) is 4.53. The Morgan fingerprint density at radius 1 is 1.11 bits per heavy atom. The van der Waals surface area contributed by atoms with Gasteiger partial charge in [-0.05, 0) is 50.0 Å². The zero-order chi connectivity index (χ0) is 26.3. The molecule has 4 heterocycles. The Labute approximate surface area is 224 Å².